The summed E-state index contributed by atoms with van der Waals surface area (Å²) in [5.41, 5.74) is 1.61. The summed E-state index contributed by atoms with van der Waals surface area (Å²) in [7, 11) is -1.12. The molecule has 1 heterocycles. The predicted molar refractivity (Wildman–Crippen MR) is 111 cm³/mol. The molecule has 1 aliphatic rings. The van der Waals surface area contributed by atoms with Crippen molar-refractivity contribution in [3.8, 4) is 5.75 Å². The molecule has 1 saturated heterocycles. The van der Waals surface area contributed by atoms with Crippen LogP contribution in [-0.2, 0) is 16.6 Å². The molecule has 0 radical (unpaired) electrons. The first-order valence-electron chi connectivity index (χ1n) is 9.45. The summed E-state index contributed by atoms with van der Waals surface area (Å²) in [6.07, 6.45) is 3.65. The summed E-state index contributed by atoms with van der Waals surface area (Å²) in [6, 6.07) is 11.5. The van der Waals surface area contributed by atoms with Gasteiger partial charge in [-0.25, -0.2) is 8.42 Å². The molecule has 0 unspecified atom stereocenters. The minimum absolute atomic E-state index is 0.0184. The molecule has 0 amide bonds. The highest BCUT2D eigenvalue weighted by molar-refractivity contribution is 7.89. The minimum atomic E-state index is -3.89. The lowest BCUT2D eigenvalue weighted by Gasteiger charge is -2.29. The maximum atomic E-state index is 12.9. The van der Waals surface area contributed by atoms with Crippen LogP contribution in [0.2, 0.25) is 0 Å². The molecule has 2 aromatic rings. The van der Waals surface area contributed by atoms with Gasteiger partial charge in [0.15, 0.2) is 5.75 Å². The average Bonchev–Trinajstić information content (AvgIpc) is 2.74. The SMILES string of the molecule is COc1ccc(S(=O)(=O)N(C)Cc2ccc(N3CCCCC3)cc2)cc1[N+](=O)[O-]. The second kappa shape index (κ2) is 8.79. The van der Waals surface area contributed by atoms with Gasteiger partial charge in [-0.3, -0.25) is 10.1 Å². The first kappa shape index (κ1) is 21.1. The van der Waals surface area contributed by atoms with E-state index in [0.717, 1.165) is 30.4 Å². The van der Waals surface area contributed by atoms with Gasteiger partial charge in [0.05, 0.1) is 16.9 Å². The topological polar surface area (TPSA) is 93.0 Å². The van der Waals surface area contributed by atoms with E-state index < -0.39 is 14.9 Å². The van der Waals surface area contributed by atoms with Crippen LogP contribution in [0.3, 0.4) is 0 Å². The minimum Gasteiger partial charge on any atom is -0.490 e. The molecule has 0 aromatic heterocycles. The molecule has 0 bridgehead atoms. The summed E-state index contributed by atoms with van der Waals surface area (Å²) in [6.45, 7) is 2.26. The van der Waals surface area contributed by atoms with Gasteiger partial charge in [-0.1, -0.05) is 12.1 Å². The molecule has 3 rings (SSSR count). The molecule has 1 fully saturated rings. The molecule has 0 spiro atoms. The Hall–Kier alpha value is -2.65. The average molecular weight is 420 g/mol. The molecule has 29 heavy (non-hydrogen) atoms. The number of hydrogen-bond donors (Lipinski definition) is 0. The fourth-order valence-corrected chi connectivity index (χ4v) is 4.64. The van der Waals surface area contributed by atoms with E-state index >= 15 is 0 Å². The number of ether oxygens (including phenoxy) is 1. The molecule has 0 atom stereocenters. The van der Waals surface area contributed by atoms with Gasteiger partial charge in [-0.15, -0.1) is 0 Å². The number of benzene rings is 2. The van der Waals surface area contributed by atoms with Crippen LogP contribution >= 0.6 is 0 Å². The number of hydrogen-bond acceptors (Lipinski definition) is 6. The van der Waals surface area contributed by atoms with Gasteiger partial charge in [0.25, 0.3) is 0 Å². The van der Waals surface area contributed by atoms with E-state index in [-0.39, 0.29) is 22.9 Å². The van der Waals surface area contributed by atoms with Gasteiger partial charge in [-0.05, 0) is 49.1 Å². The fraction of sp³-hybridized carbons (Fsp3) is 0.400. The van der Waals surface area contributed by atoms with E-state index in [2.05, 4.69) is 4.90 Å². The number of methoxy groups -OCH3 is 1. The molecule has 0 aliphatic carbocycles. The number of anilines is 1. The second-order valence-electron chi connectivity index (χ2n) is 7.07. The van der Waals surface area contributed by atoms with Gasteiger partial charge in [0.1, 0.15) is 0 Å². The number of nitro benzene ring substituents is 1. The maximum Gasteiger partial charge on any atom is 0.312 e. The van der Waals surface area contributed by atoms with E-state index in [9.17, 15) is 18.5 Å². The standard InChI is InChI=1S/C20H25N3O5S/c1-21(15-16-6-8-17(9-7-16)22-12-4-3-5-13-22)29(26,27)18-10-11-20(28-2)19(14-18)23(24)25/h6-11,14H,3-5,12-13,15H2,1-2H3. The van der Waals surface area contributed by atoms with Crippen LogP contribution in [-0.4, -0.2) is 44.9 Å². The van der Waals surface area contributed by atoms with Crippen molar-refractivity contribution < 1.29 is 18.1 Å². The van der Waals surface area contributed by atoms with Crippen molar-refractivity contribution in [2.75, 3.05) is 32.1 Å². The summed E-state index contributed by atoms with van der Waals surface area (Å²) >= 11 is 0. The monoisotopic (exact) mass is 419 g/mol. The number of rotatable bonds is 7. The molecular weight excluding hydrogens is 394 g/mol. The number of nitro groups is 1. The summed E-state index contributed by atoms with van der Waals surface area (Å²) < 4.78 is 31.9. The zero-order valence-corrected chi connectivity index (χ0v) is 17.4. The summed E-state index contributed by atoms with van der Waals surface area (Å²) in [5, 5.41) is 11.2. The second-order valence-corrected chi connectivity index (χ2v) is 9.11. The molecule has 0 saturated carbocycles. The number of sulfonamides is 1. The molecule has 2 aromatic carbocycles. The smallest absolute Gasteiger partial charge is 0.312 e. The first-order chi connectivity index (χ1) is 13.8. The van der Waals surface area contributed by atoms with Gasteiger partial charge in [-0.2, -0.15) is 4.31 Å². The fourth-order valence-electron chi connectivity index (χ4n) is 3.46. The van der Waals surface area contributed by atoms with Crippen LogP contribution in [0.1, 0.15) is 24.8 Å². The lowest BCUT2D eigenvalue weighted by molar-refractivity contribution is -0.386. The van der Waals surface area contributed by atoms with Crippen molar-refractivity contribution in [3.05, 3.63) is 58.1 Å². The molecule has 0 N–H and O–H groups in total. The van der Waals surface area contributed by atoms with Crippen molar-refractivity contribution in [2.24, 2.45) is 0 Å². The van der Waals surface area contributed by atoms with Crippen molar-refractivity contribution in [2.45, 2.75) is 30.7 Å². The van der Waals surface area contributed by atoms with E-state index in [4.69, 9.17) is 4.74 Å². The highest BCUT2D eigenvalue weighted by atomic mass is 32.2. The van der Waals surface area contributed by atoms with Gasteiger partial charge in [0.2, 0.25) is 10.0 Å². The Morgan fingerprint density at radius 1 is 1.10 bits per heavy atom. The Labute approximate surface area is 170 Å². The van der Waals surface area contributed by atoms with Crippen LogP contribution in [0.15, 0.2) is 47.4 Å². The van der Waals surface area contributed by atoms with Crippen molar-refractivity contribution in [3.63, 3.8) is 0 Å². The lowest BCUT2D eigenvalue weighted by Crippen LogP contribution is -2.29. The molecule has 156 valence electrons. The summed E-state index contributed by atoms with van der Waals surface area (Å²) in [4.78, 5) is 12.7. The van der Waals surface area contributed by atoms with Crippen molar-refractivity contribution in [1.29, 1.82) is 0 Å². The molecule has 8 nitrogen and oxygen atoms in total. The zero-order chi connectivity index (χ0) is 21.0. The zero-order valence-electron chi connectivity index (χ0n) is 16.6. The Morgan fingerprint density at radius 3 is 2.34 bits per heavy atom. The van der Waals surface area contributed by atoms with Crippen molar-refractivity contribution in [1.82, 2.24) is 4.31 Å². The normalized spacial score (nSPS) is 14.8. The Bertz CT molecular complexity index is 970. The van der Waals surface area contributed by atoms with E-state index in [1.54, 1.807) is 0 Å². The third kappa shape index (κ3) is 4.68. The Balaban J connectivity index is 1.76. The third-order valence-corrected chi connectivity index (χ3v) is 6.92. The van der Waals surface area contributed by atoms with Gasteiger partial charge >= 0.3 is 5.69 Å². The Kier molecular flexibility index (Phi) is 6.39. The molecular formula is C20H25N3O5S. The Morgan fingerprint density at radius 2 is 1.76 bits per heavy atom. The van der Waals surface area contributed by atoms with Crippen molar-refractivity contribution >= 4 is 21.4 Å². The number of piperidine rings is 1. The van der Waals surface area contributed by atoms with Crippen LogP contribution in [0.25, 0.3) is 0 Å². The first-order valence-corrected chi connectivity index (χ1v) is 10.9. The lowest BCUT2D eigenvalue weighted by atomic mass is 10.1. The molecule has 1 aliphatic heterocycles. The summed E-state index contributed by atoms with van der Waals surface area (Å²) in [5.74, 6) is 0.0184. The van der Waals surface area contributed by atoms with Gasteiger partial charge in [0, 0.05) is 38.4 Å². The number of nitrogens with zero attached hydrogens (tertiary/aromatic N) is 3. The maximum absolute atomic E-state index is 12.9. The molecule has 9 heteroatoms. The van der Waals surface area contributed by atoms with E-state index in [1.165, 1.54) is 49.9 Å². The van der Waals surface area contributed by atoms with Crippen LogP contribution < -0.4 is 9.64 Å². The van der Waals surface area contributed by atoms with Gasteiger partial charge < -0.3 is 9.64 Å². The highest BCUT2D eigenvalue weighted by Crippen LogP contribution is 2.30. The quantitative estimate of drug-likeness (QED) is 0.504. The highest BCUT2D eigenvalue weighted by Gasteiger charge is 2.25. The van der Waals surface area contributed by atoms with E-state index in [1.807, 2.05) is 24.3 Å². The van der Waals surface area contributed by atoms with Crippen LogP contribution in [0.5, 0.6) is 5.75 Å². The van der Waals surface area contributed by atoms with E-state index in [0.29, 0.717) is 0 Å². The third-order valence-electron chi connectivity index (χ3n) is 5.12. The largest absolute Gasteiger partial charge is 0.490 e. The van der Waals surface area contributed by atoms with Crippen LogP contribution in [0.4, 0.5) is 11.4 Å². The predicted octanol–water partition coefficient (Wildman–Crippen LogP) is 3.41. The van der Waals surface area contributed by atoms with Crippen LogP contribution in [0, 0.1) is 10.1 Å².